The summed E-state index contributed by atoms with van der Waals surface area (Å²) < 4.78 is 0. The number of nitrogens with one attached hydrogen (secondary N) is 2. The van der Waals surface area contributed by atoms with Crippen LogP contribution in [0.3, 0.4) is 0 Å². The van der Waals surface area contributed by atoms with Crippen LogP contribution < -0.4 is 10.6 Å². The molecule has 116 valence electrons. The minimum Gasteiger partial charge on any atom is -0.350 e. The Bertz CT molecular complexity index is 831. The lowest BCUT2D eigenvalue weighted by molar-refractivity contribution is -0.126. The standard InChI is InChI=1S/C18H17N3O2/c1-11(2)21-16(22)12-7-3-5-9-14(12)20-18(21)13-8-4-6-10-15(13)19-17(18)23/h3-11,20H,1-2H3,(H,19,23)/t18-/m1/s1. The highest BCUT2D eigenvalue weighted by Crippen LogP contribution is 2.45. The molecule has 23 heavy (non-hydrogen) atoms. The van der Waals surface area contributed by atoms with E-state index in [9.17, 15) is 9.59 Å². The molecule has 2 aromatic rings. The van der Waals surface area contributed by atoms with Crippen molar-refractivity contribution in [3.63, 3.8) is 0 Å². The summed E-state index contributed by atoms with van der Waals surface area (Å²) in [6.45, 7) is 3.84. The van der Waals surface area contributed by atoms with E-state index in [0.29, 0.717) is 11.3 Å². The summed E-state index contributed by atoms with van der Waals surface area (Å²) >= 11 is 0. The van der Waals surface area contributed by atoms with Crippen molar-refractivity contribution in [2.45, 2.75) is 25.6 Å². The number of hydrogen-bond acceptors (Lipinski definition) is 3. The second kappa shape index (κ2) is 4.59. The van der Waals surface area contributed by atoms with E-state index in [1.54, 1.807) is 11.0 Å². The van der Waals surface area contributed by atoms with E-state index in [-0.39, 0.29) is 17.9 Å². The number of nitrogens with zero attached hydrogens (tertiary/aromatic N) is 1. The van der Waals surface area contributed by atoms with Gasteiger partial charge in [-0.2, -0.15) is 0 Å². The van der Waals surface area contributed by atoms with Crippen molar-refractivity contribution >= 4 is 23.2 Å². The number of carbonyl (C=O) groups excluding carboxylic acids is 2. The van der Waals surface area contributed by atoms with Gasteiger partial charge in [-0.15, -0.1) is 0 Å². The molecule has 1 atom stereocenters. The van der Waals surface area contributed by atoms with Gasteiger partial charge < -0.3 is 15.5 Å². The Morgan fingerprint density at radius 1 is 0.957 bits per heavy atom. The molecule has 2 amide bonds. The highest BCUT2D eigenvalue weighted by Gasteiger charge is 2.56. The minimum atomic E-state index is -1.20. The molecule has 2 aromatic carbocycles. The molecule has 0 unspecified atom stereocenters. The fourth-order valence-electron chi connectivity index (χ4n) is 3.54. The summed E-state index contributed by atoms with van der Waals surface area (Å²) in [7, 11) is 0. The SMILES string of the molecule is CC(C)N1C(=O)c2ccccc2N[C@@]12C(=O)Nc1ccccc12. The van der Waals surface area contributed by atoms with Gasteiger partial charge in [0.25, 0.3) is 11.8 Å². The summed E-state index contributed by atoms with van der Waals surface area (Å²) in [6, 6.07) is 14.7. The number of fused-ring (bicyclic) bond motifs is 3. The molecule has 0 bridgehead atoms. The average Bonchev–Trinajstić information content (AvgIpc) is 2.80. The minimum absolute atomic E-state index is 0.138. The molecule has 2 aliphatic heterocycles. The lowest BCUT2D eigenvalue weighted by Gasteiger charge is -2.46. The van der Waals surface area contributed by atoms with E-state index >= 15 is 0 Å². The highest BCUT2D eigenvalue weighted by atomic mass is 16.2. The van der Waals surface area contributed by atoms with Crippen LogP contribution >= 0.6 is 0 Å². The molecule has 2 N–H and O–H groups in total. The highest BCUT2D eigenvalue weighted by molar-refractivity contribution is 6.14. The van der Waals surface area contributed by atoms with Crippen molar-refractivity contribution < 1.29 is 9.59 Å². The average molecular weight is 307 g/mol. The van der Waals surface area contributed by atoms with Gasteiger partial charge >= 0.3 is 0 Å². The third kappa shape index (κ3) is 1.67. The van der Waals surface area contributed by atoms with Crippen molar-refractivity contribution in [1.82, 2.24) is 4.90 Å². The number of para-hydroxylation sites is 2. The van der Waals surface area contributed by atoms with E-state index in [2.05, 4.69) is 10.6 Å². The number of carbonyl (C=O) groups is 2. The van der Waals surface area contributed by atoms with Crippen LogP contribution in [0.25, 0.3) is 0 Å². The fourth-order valence-corrected chi connectivity index (χ4v) is 3.54. The molecule has 0 radical (unpaired) electrons. The van der Waals surface area contributed by atoms with Gasteiger partial charge in [0, 0.05) is 23.0 Å². The van der Waals surface area contributed by atoms with Crippen LogP contribution in [0, 0.1) is 0 Å². The number of rotatable bonds is 1. The monoisotopic (exact) mass is 307 g/mol. The first-order chi connectivity index (χ1) is 11.1. The van der Waals surface area contributed by atoms with E-state index in [1.807, 2.05) is 56.3 Å². The van der Waals surface area contributed by atoms with Crippen molar-refractivity contribution in [3.8, 4) is 0 Å². The zero-order valence-electron chi connectivity index (χ0n) is 13.0. The van der Waals surface area contributed by atoms with Gasteiger partial charge in [-0.05, 0) is 32.0 Å². The van der Waals surface area contributed by atoms with Crippen LogP contribution in [0.15, 0.2) is 48.5 Å². The first-order valence-electron chi connectivity index (χ1n) is 7.67. The van der Waals surface area contributed by atoms with Crippen molar-refractivity contribution in [3.05, 3.63) is 59.7 Å². The fraction of sp³-hybridized carbons (Fsp3) is 0.222. The van der Waals surface area contributed by atoms with Crippen LogP contribution in [0.1, 0.15) is 29.8 Å². The summed E-state index contributed by atoms with van der Waals surface area (Å²) in [4.78, 5) is 27.6. The second-order valence-electron chi connectivity index (χ2n) is 6.15. The van der Waals surface area contributed by atoms with Gasteiger partial charge in [-0.3, -0.25) is 9.59 Å². The molecule has 5 nitrogen and oxygen atoms in total. The van der Waals surface area contributed by atoms with Crippen LogP contribution in [-0.2, 0) is 10.5 Å². The quantitative estimate of drug-likeness (QED) is 0.851. The Hall–Kier alpha value is -2.82. The maximum Gasteiger partial charge on any atom is 0.276 e. The predicted octanol–water partition coefficient (Wildman–Crippen LogP) is 2.77. The van der Waals surface area contributed by atoms with Gasteiger partial charge in [-0.1, -0.05) is 30.3 Å². The molecule has 4 rings (SSSR count). The molecule has 0 saturated carbocycles. The third-order valence-corrected chi connectivity index (χ3v) is 4.46. The van der Waals surface area contributed by atoms with Gasteiger partial charge in [0.2, 0.25) is 5.66 Å². The Morgan fingerprint density at radius 3 is 2.35 bits per heavy atom. The number of benzene rings is 2. The molecule has 2 heterocycles. The largest absolute Gasteiger partial charge is 0.350 e. The lowest BCUT2D eigenvalue weighted by atomic mass is 9.91. The lowest BCUT2D eigenvalue weighted by Crippen LogP contribution is -2.63. The van der Waals surface area contributed by atoms with E-state index in [1.165, 1.54) is 0 Å². The molecule has 0 aliphatic carbocycles. The zero-order valence-corrected chi connectivity index (χ0v) is 13.0. The zero-order chi connectivity index (χ0) is 16.2. The van der Waals surface area contributed by atoms with Gasteiger partial charge in [0.15, 0.2) is 0 Å². The summed E-state index contributed by atoms with van der Waals surface area (Å²) in [5.74, 6) is -0.364. The first-order valence-corrected chi connectivity index (χ1v) is 7.67. The molecule has 0 aromatic heterocycles. The smallest absolute Gasteiger partial charge is 0.276 e. The number of anilines is 2. The first kappa shape index (κ1) is 13.8. The normalized spacial score (nSPS) is 22.0. The van der Waals surface area contributed by atoms with Gasteiger partial charge in [0.05, 0.1) is 5.56 Å². The summed E-state index contributed by atoms with van der Waals surface area (Å²) in [5.41, 5.74) is 1.59. The molecule has 5 heteroatoms. The second-order valence-corrected chi connectivity index (χ2v) is 6.15. The molecule has 1 spiro atoms. The van der Waals surface area contributed by atoms with Crippen LogP contribution in [0.2, 0.25) is 0 Å². The number of amides is 2. The molecular formula is C18H17N3O2. The molecule has 0 fully saturated rings. The third-order valence-electron chi connectivity index (χ3n) is 4.46. The number of hydrogen-bond donors (Lipinski definition) is 2. The summed E-state index contributed by atoms with van der Waals surface area (Å²) in [5, 5.41) is 6.23. The van der Waals surface area contributed by atoms with Crippen LogP contribution in [0.4, 0.5) is 11.4 Å². The van der Waals surface area contributed by atoms with Gasteiger partial charge in [-0.25, -0.2) is 0 Å². The Kier molecular flexibility index (Phi) is 2.75. The van der Waals surface area contributed by atoms with E-state index in [4.69, 9.17) is 0 Å². The van der Waals surface area contributed by atoms with E-state index < -0.39 is 5.66 Å². The molecule has 0 saturated heterocycles. The summed E-state index contributed by atoms with van der Waals surface area (Å²) in [6.07, 6.45) is 0. The van der Waals surface area contributed by atoms with E-state index in [0.717, 1.165) is 11.3 Å². The van der Waals surface area contributed by atoms with Gasteiger partial charge in [0.1, 0.15) is 0 Å². The Labute approximate surface area is 134 Å². The maximum absolute atomic E-state index is 13.1. The molecular weight excluding hydrogens is 290 g/mol. The Balaban J connectivity index is 2.01. The van der Waals surface area contributed by atoms with Crippen molar-refractivity contribution in [1.29, 1.82) is 0 Å². The van der Waals surface area contributed by atoms with Crippen molar-refractivity contribution in [2.75, 3.05) is 10.6 Å². The maximum atomic E-state index is 13.1. The topological polar surface area (TPSA) is 61.4 Å². The Morgan fingerprint density at radius 2 is 1.61 bits per heavy atom. The van der Waals surface area contributed by atoms with Crippen molar-refractivity contribution in [2.24, 2.45) is 0 Å². The van der Waals surface area contributed by atoms with Crippen LogP contribution in [0.5, 0.6) is 0 Å². The molecule has 2 aliphatic rings. The predicted molar refractivity (Wildman–Crippen MR) is 88.1 cm³/mol. The van der Waals surface area contributed by atoms with Crippen LogP contribution in [-0.4, -0.2) is 22.8 Å².